The van der Waals surface area contributed by atoms with Crippen LogP contribution in [-0.4, -0.2) is 33.2 Å². The fourth-order valence-corrected chi connectivity index (χ4v) is 3.36. The normalized spacial score (nSPS) is 19.1. The van der Waals surface area contributed by atoms with Crippen molar-refractivity contribution in [3.05, 3.63) is 52.3 Å². The Hall–Kier alpha value is -2.65. The number of hydrogen-bond acceptors (Lipinski definition) is 4. The first-order valence-electron chi connectivity index (χ1n) is 8.93. The number of carbonyl (C=O) groups is 1. The van der Waals surface area contributed by atoms with Crippen molar-refractivity contribution in [3.8, 4) is 6.07 Å². The third kappa shape index (κ3) is 3.49. The number of aromatic nitrogens is 2. The van der Waals surface area contributed by atoms with Gasteiger partial charge in [-0.05, 0) is 45.4 Å². The number of hydrogen-bond donors (Lipinski definition) is 1. The predicted octanol–water partition coefficient (Wildman–Crippen LogP) is 3.35. The van der Waals surface area contributed by atoms with E-state index < -0.39 is 0 Å². The SMILES string of the molecule is CC(C)N(Cc1ccc(C#N)cc1)C(=O)c1n[nH]c2c1C[C@H](C)O[C@@H]2C. The van der Waals surface area contributed by atoms with Gasteiger partial charge in [0, 0.05) is 24.6 Å². The van der Waals surface area contributed by atoms with Gasteiger partial charge in [0.1, 0.15) is 0 Å². The molecule has 0 aliphatic carbocycles. The number of amides is 1. The molecule has 136 valence electrons. The Labute approximate surface area is 153 Å². The average molecular weight is 352 g/mol. The van der Waals surface area contributed by atoms with Gasteiger partial charge in [0.05, 0.1) is 29.5 Å². The van der Waals surface area contributed by atoms with Crippen molar-refractivity contribution in [1.29, 1.82) is 5.26 Å². The number of benzene rings is 1. The molecule has 1 aromatic heterocycles. The Morgan fingerprint density at radius 3 is 2.69 bits per heavy atom. The van der Waals surface area contributed by atoms with E-state index in [0.717, 1.165) is 16.8 Å². The molecule has 1 aromatic carbocycles. The van der Waals surface area contributed by atoms with Gasteiger partial charge in [-0.1, -0.05) is 12.1 Å². The van der Waals surface area contributed by atoms with E-state index in [1.165, 1.54) is 0 Å². The minimum atomic E-state index is -0.0890. The second-order valence-electron chi connectivity index (χ2n) is 7.09. The van der Waals surface area contributed by atoms with Gasteiger partial charge in [-0.15, -0.1) is 0 Å². The van der Waals surface area contributed by atoms with E-state index in [1.54, 1.807) is 12.1 Å². The minimum absolute atomic E-state index is 0.0279. The maximum atomic E-state index is 13.2. The standard InChI is InChI=1S/C20H24N4O2/c1-12(2)24(11-16-7-5-15(10-21)6-8-16)20(25)19-17-9-13(3)26-14(4)18(17)22-23-19/h5-8,12-14H,9,11H2,1-4H3,(H,22,23)/t13-,14+/m0/s1. The van der Waals surface area contributed by atoms with E-state index in [2.05, 4.69) is 16.3 Å². The Balaban J connectivity index is 1.87. The molecule has 6 heteroatoms. The average Bonchev–Trinajstić information content (AvgIpc) is 3.03. The number of fused-ring (bicyclic) bond motifs is 1. The molecule has 0 radical (unpaired) electrons. The van der Waals surface area contributed by atoms with Crippen molar-refractivity contribution in [2.45, 2.75) is 58.9 Å². The monoisotopic (exact) mass is 352 g/mol. The van der Waals surface area contributed by atoms with Gasteiger partial charge in [0.15, 0.2) is 5.69 Å². The summed E-state index contributed by atoms with van der Waals surface area (Å²) in [6, 6.07) is 9.46. The quantitative estimate of drug-likeness (QED) is 0.915. The lowest BCUT2D eigenvalue weighted by molar-refractivity contribution is -0.00703. The molecule has 0 saturated carbocycles. The third-order valence-electron chi connectivity index (χ3n) is 4.76. The molecule has 0 bridgehead atoms. The fraction of sp³-hybridized carbons (Fsp3) is 0.450. The van der Waals surface area contributed by atoms with Crippen molar-refractivity contribution >= 4 is 5.91 Å². The smallest absolute Gasteiger partial charge is 0.275 e. The number of rotatable bonds is 4. The number of aromatic amines is 1. The highest BCUT2D eigenvalue weighted by atomic mass is 16.5. The van der Waals surface area contributed by atoms with Gasteiger partial charge in [-0.3, -0.25) is 9.89 Å². The highest BCUT2D eigenvalue weighted by Gasteiger charge is 2.32. The molecule has 1 N–H and O–H groups in total. The Kier molecular flexibility index (Phi) is 5.10. The van der Waals surface area contributed by atoms with E-state index in [0.29, 0.717) is 24.2 Å². The van der Waals surface area contributed by atoms with Crippen LogP contribution in [0.15, 0.2) is 24.3 Å². The molecule has 26 heavy (non-hydrogen) atoms. The van der Waals surface area contributed by atoms with E-state index in [1.807, 2.05) is 44.7 Å². The first-order chi connectivity index (χ1) is 12.4. The van der Waals surface area contributed by atoms with Crippen molar-refractivity contribution in [3.63, 3.8) is 0 Å². The van der Waals surface area contributed by atoms with Crippen LogP contribution in [0.5, 0.6) is 0 Å². The molecule has 2 heterocycles. The summed E-state index contributed by atoms with van der Waals surface area (Å²) in [5.74, 6) is -0.0804. The number of nitrogens with one attached hydrogen (secondary N) is 1. The summed E-state index contributed by atoms with van der Waals surface area (Å²) >= 11 is 0. The summed E-state index contributed by atoms with van der Waals surface area (Å²) in [5, 5.41) is 16.2. The van der Waals surface area contributed by atoms with E-state index in [4.69, 9.17) is 10.00 Å². The first-order valence-corrected chi connectivity index (χ1v) is 8.93. The molecule has 0 fully saturated rings. The number of carbonyl (C=O) groups excluding carboxylic acids is 1. The van der Waals surface area contributed by atoms with Crippen molar-refractivity contribution in [2.75, 3.05) is 0 Å². The molecule has 1 aliphatic rings. The maximum absolute atomic E-state index is 13.2. The number of H-pyrrole nitrogens is 1. The van der Waals surface area contributed by atoms with Crippen LogP contribution in [0.25, 0.3) is 0 Å². The molecule has 3 rings (SSSR count). The molecule has 2 aromatic rings. The Morgan fingerprint density at radius 1 is 1.38 bits per heavy atom. The summed E-state index contributed by atoms with van der Waals surface area (Å²) in [7, 11) is 0. The zero-order valence-electron chi connectivity index (χ0n) is 15.6. The summed E-state index contributed by atoms with van der Waals surface area (Å²) < 4.78 is 5.81. The fourth-order valence-electron chi connectivity index (χ4n) is 3.36. The van der Waals surface area contributed by atoms with Gasteiger partial charge < -0.3 is 9.64 Å². The minimum Gasteiger partial charge on any atom is -0.369 e. The lowest BCUT2D eigenvalue weighted by Gasteiger charge is -2.28. The third-order valence-corrected chi connectivity index (χ3v) is 4.76. The number of ether oxygens (including phenoxy) is 1. The second kappa shape index (κ2) is 7.30. The van der Waals surface area contributed by atoms with Gasteiger partial charge in [-0.25, -0.2) is 0 Å². The molecule has 1 aliphatic heterocycles. The van der Waals surface area contributed by atoms with Gasteiger partial charge >= 0.3 is 0 Å². The number of nitrogens with zero attached hydrogens (tertiary/aromatic N) is 3. The van der Waals surface area contributed by atoms with Crippen LogP contribution >= 0.6 is 0 Å². The molecule has 0 saturated heterocycles. The largest absolute Gasteiger partial charge is 0.369 e. The van der Waals surface area contributed by atoms with Crippen LogP contribution in [0, 0.1) is 11.3 Å². The summed E-state index contributed by atoms with van der Waals surface area (Å²) in [5.41, 5.74) is 3.95. The molecule has 0 unspecified atom stereocenters. The lowest BCUT2D eigenvalue weighted by atomic mass is 9.99. The van der Waals surface area contributed by atoms with Crippen LogP contribution in [0.3, 0.4) is 0 Å². The maximum Gasteiger partial charge on any atom is 0.275 e. The van der Waals surface area contributed by atoms with Crippen LogP contribution in [0.2, 0.25) is 0 Å². The zero-order valence-corrected chi connectivity index (χ0v) is 15.6. The summed E-state index contributed by atoms with van der Waals surface area (Å²) in [6.07, 6.45) is 0.654. The Bertz CT molecular complexity index is 832. The van der Waals surface area contributed by atoms with Crippen molar-refractivity contribution < 1.29 is 9.53 Å². The van der Waals surface area contributed by atoms with Crippen LogP contribution in [-0.2, 0) is 17.7 Å². The lowest BCUT2D eigenvalue weighted by Crippen LogP contribution is -2.37. The molecule has 6 nitrogen and oxygen atoms in total. The van der Waals surface area contributed by atoms with Gasteiger partial charge in [-0.2, -0.15) is 10.4 Å². The van der Waals surface area contributed by atoms with E-state index in [-0.39, 0.29) is 24.2 Å². The topological polar surface area (TPSA) is 82.0 Å². The highest BCUT2D eigenvalue weighted by molar-refractivity contribution is 5.94. The molecular formula is C20H24N4O2. The number of nitriles is 1. The van der Waals surface area contributed by atoms with Gasteiger partial charge in [0.2, 0.25) is 0 Å². The highest BCUT2D eigenvalue weighted by Crippen LogP contribution is 2.31. The Morgan fingerprint density at radius 2 is 2.08 bits per heavy atom. The van der Waals surface area contributed by atoms with Crippen LogP contribution in [0.1, 0.15) is 66.7 Å². The van der Waals surface area contributed by atoms with E-state index in [9.17, 15) is 4.79 Å². The van der Waals surface area contributed by atoms with E-state index >= 15 is 0 Å². The summed E-state index contributed by atoms with van der Waals surface area (Å²) in [4.78, 5) is 15.0. The summed E-state index contributed by atoms with van der Waals surface area (Å²) in [6.45, 7) is 8.45. The molecule has 0 spiro atoms. The molecule has 1 amide bonds. The van der Waals surface area contributed by atoms with Gasteiger partial charge in [0.25, 0.3) is 5.91 Å². The van der Waals surface area contributed by atoms with Crippen molar-refractivity contribution in [1.82, 2.24) is 15.1 Å². The predicted molar refractivity (Wildman–Crippen MR) is 97.4 cm³/mol. The van der Waals surface area contributed by atoms with Crippen molar-refractivity contribution in [2.24, 2.45) is 0 Å². The molecule has 2 atom stereocenters. The zero-order chi connectivity index (χ0) is 18.8. The van der Waals surface area contributed by atoms with Crippen LogP contribution in [0.4, 0.5) is 0 Å². The second-order valence-corrected chi connectivity index (χ2v) is 7.09. The van der Waals surface area contributed by atoms with Crippen LogP contribution < -0.4 is 0 Å². The first kappa shape index (κ1) is 18.2. The molecular weight excluding hydrogens is 328 g/mol.